The summed E-state index contributed by atoms with van der Waals surface area (Å²) in [4.78, 5) is 0. The van der Waals surface area contributed by atoms with Crippen LogP contribution in [0, 0.1) is 5.82 Å². The van der Waals surface area contributed by atoms with Crippen LogP contribution in [0.2, 0.25) is 0 Å². The lowest BCUT2D eigenvalue weighted by molar-refractivity contribution is 0.585. The average molecular weight is 427 g/mol. The molecule has 28 heavy (non-hydrogen) atoms. The van der Waals surface area contributed by atoms with Gasteiger partial charge in [-0.2, -0.15) is 0 Å². The second-order valence-electron chi connectivity index (χ2n) is 6.79. The maximum Gasteiger partial charge on any atom is 0.237 e. The minimum atomic E-state index is -3.86. The van der Waals surface area contributed by atoms with Gasteiger partial charge in [-0.05, 0) is 43.0 Å². The normalized spacial score (nSPS) is 14.6. The molecular formula is C19H23FN2O4S2. The lowest BCUT2D eigenvalue weighted by Crippen LogP contribution is -2.37. The van der Waals surface area contributed by atoms with Crippen LogP contribution in [-0.4, -0.2) is 29.1 Å². The minimum absolute atomic E-state index is 0.0374. The second kappa shape index (κ2) is 8.08. The number of hydrogen-bond acceptors (Lipinski definition) is 4. The Bertz CT molecular complexity index is 1070. The van der Waals surface area contributed by atoms with Gasteiger partial charge in [-0.3, -0.25) is 9.03 Å². The standard InChI is InChI=1S/C19H23FN2O4S2/c1-2-12-28(25,26)22-11-5-7-15-9-10-17(13-19(15)22)21-27(23,24)14-16-6-3-4-8-18(16)20/h3-4,6,8-10,13,21H,2,5,7,11-12,14H2,1H3. The summed E-state index contributed by atoms with van der Waals surface area (Å²) in [6.07, 6.45) is 1.95. The molecule has 152 valence electrons. The number of benzene rings is 2. The number of halogens is 1. The molecule has 1 aliphatic heterocycles. The molecule has 1 N–H and O–H groups in total. The van der Waals surface area contributed by atoms with E-state index in [1.165, 1.54) is 22.5 Å². The van der Waals surface area contributed by atoms with Crippen LogP contribution in [0.1, 0.15) is 30.9 Å². The van der Waals surface area contributed by atoms with E-state index in [4.69, 9.17) is 0 Å². The zero-order chi connectivity index (χ0) is 20.4. The van der Waals surface area contributed by atoms with Crippen LogP contribution < -0.4 is 9.03 Å². The zero-order valence-electron chi connectivity index (χ0n) is 15.6. The number of fused-ring (bicyclic) bond motifs is 1. The van der Waals surface area contributed by atoms with Crippen molar-refractivity contribution in [2.75, 3.05) is 21.3 Å². The molecule has 0 bridgehead atoms. The largest absolute Gasteiger partial charge is 0.283 e. The van der Waals surface area contributed by atoms with E-state index >= 15 is 0 Å². The van der Waals surface area contributed by atoms with Gasteiger partial charge in [-0.1, -0.05) is 31.2 Å². The van der Waals surface area contributed by atoms with Crippen molar-refractivity contribution >= 4 is 31.4 Å². The number of nitrogens with zero attached hydrogens (tertiary/aromatic N) is 1. The number of rotatable bonds is 7. The summed E-state index contributed by atoms with van der Waals surface area (Å²) in [6, 6.07) is 10.6. The third kappa shape index (κ3) is 4.64. The van der Waals surface area contributed by atoms with Crippen molar-refractivity contribution in [3.05, 3.63) is 59.4 Å². The van der Waals surface area contributed by atoms with Gasteiger partial charge < -0.3 is 0 Å². The van der Waals surface area contributed by atoms with E-state index in [2.05, 4.69) is 4.72 Å². The Hall–Kier alpha value is -2.13. The first kappa shape index (κ1) is 20.6. The fraction of sp³-hybridized carbons (Fsp3) is 0.368. The van der Waals surface area contributed by atoms with E-state index in [1.807, 2.05) is 0 Å². The van der Waals surface area contributed by atoms with E-state index in [1.54, 1.807) is 31.2 Å². The van der Waals surface area contributed by atoms with E-state index in [9.17, 15) is 21.2 Å². The lowest BCUT2D eigenvalue weighted by Gasteiger charge is -2.31. The van der Waals surface area contributed by atoms with Crippen molar-refractivity contribution in [1.82, 2.24) is 0 Å². The monoisotopic (exact) mass is 426 g/mol. The maximum atomic E-state index is 13.8. The SMILES string of the molecule is CCCS(=O)(=O)N1CCCc2ccc(NS(=O)(=O)Cc3ccccc3F)cc21. The Labute approximate surface area is 165 Å². The van der Waals surface area contributed by atoms with Crippen LogP contribution in [0.5, 0.6) is 0 Å². The molecule has 9 heteroatoms. The topological polar surface area (TPSA) is 83.6 Å². The first-order valence-electron chi connectivity index (χ1n) is 9.09. The second-order valence-corrected chi connectivity index (χ2v) is 10.5. The van der Waals surface area contributed by atoms with Crippen LogP contribution >= 0.6 is 0 Å². The summed E-state index contributed by atoms with van der Waals surface area (Å²) in [7, 11) is -7.31. The number of aryl methyl sites for hydroxylation is 1. The smallest absolute Gasteiger partial charge is 0.237 e. The first-order valence-corrected chi connectivity index (χ1v) is 12.4. The number of hydrogen-bond donors (Lipinski definition) is 1. The molecule has 0 amide bonds. The quantitative estimate of drug-likeness (QED) is 0.737. The minimum Gasteiger partial charge on any atom is -0.283 e. The highest BCUT2D eigenvalue weighted by atomic mass is 32.2. The van der Waals surface area contributed by atoms with Crippen molar-refractivity contribution in [3.63, 3.8) is 0 Å². The summed E-state index contributed by atoms with van der Waals surface area (Å²) in [5.74, 6) is -1.06. The van der Waals surface area contributed by atoms with Crippen LogP contribution in [0.25, 0.3) is 0 Å². The number of anilines is 2. The summed E-state index contributed by atoms with van der Waals surface area (Å²) >= 11 is 0. The molecule has 2 aromatic rings. The third-order valence-electron chi connectivity index (χ3n) is 4.54. The Morgan fingerprint density at radius 3 is 2.57 bits per heavy atom. The number of nitrogens with one attached hydrogen (secondary N) is 1. The van der Waals surface area contributed by atoms with Crippen LogP contribution in [0.15, 0.2) is 42.5 Å². The van der Waals surface area contributed by atoms with Gasteiger partial charge in [0.05, 0.1) is 22.9 Å². The Morgan fingerprint density at radius 1 is 1.11 bits per heavy atom. The molecule has 1 aliphatic rings. The Balaban J connectivity index is 1.87. The van der Waals surface area contributed by atoms with E-state index < -0.39 is 31.6 Å². The maximum absolute atomic E-state index is 13.8. The summed E-state index contributed by atoms with van der Waals surface area (Å²) in [5.41, 5.74) is 1.70. The van der Waals surface area contributed by atoms with Crippen molar-refractivity contribution in [3.8, 4) is 0 Å². The molecule has 0 atom stereocenters. The van der Waals surface area contributed by atoms with Gasteiger partial charge in [-0.25, -0.2) is 21.2 Å². The molecule has 1 heterocycles. The van der Waals surface area contributed by atoms with Crippen molar-refractivity contribution in [2.24, 2.45) is 0 Å². The molecule has 0 aliphatic carbocycles. The lowest BCUT2D eigenvalue weighted by atomic mass is 10.0. The van der Waals surface area contributed by atoms with Crippen LogP contribution in [-0.2, 0) is 32.2 Å². The summed E-state index contributed by atoms with van der Waals surface area (Å²) in [5, 5.41) is 0. The van der Waals surface area contributed by atoms with Crippen LogP contribution in [0.3, 0.4) is 0 Å². The third-order valence-corrected chi connectivity index (χ3v) is 7.75. The molecule has 6 nitrogen and oxygen atoms in total. The van der Waals surface area contributed by atoms with Gasteiger partial charge in [0.1, 0.15) is 5.82 Å². The number of sulfonamides is 2. The highest BCUT2D eigenvalue weighted by Gasteiger charge is 2.27. The Morgan fingerprint density at radius 2 is 1.86 bits per heavy atom. The molecule has 0 saturated carbocycles. The molecule has 0 spiro atoms. The summed E-state index contributed by atoms with van der Waals surface area (Å²) in [6.45, 7) is 2.18. The van der Waals surface area contributed by atoms with Gasteiger partial charge in [-0.15, -0.1) is 0 Å². The zero-order valence-corrected chi connectivity index (χ0v) is 17.2. The molecule has 0 unspecified atom stereocenters. The molecular weight excluding hydrogens is 403 g/mol. The first-order chi connectivity index (χ1) is 13.2. The molecule has 0 aromatic heterocycles. The predicted octanol–water partition coefficient (Wildman–Crippen LogP) is 3.26. The fourth-order valence-corrected chi connectivity index (χ4v) is 6.11. The van der Waals surface area contributed by atoms with Gasteiger partial charge in [0.15, 0.2) is 0 Å². The van der Waals surface area contributed by atoms with Crippen molar-refractivity contribution in [2.45, 2.75) is 31.9 Å². The van der Waals surface area contributed by atoms with Crippen molar-refractivity contribution < 1.29 is 21.2 Å². The van der Waals surface area contributed by atoms with Gasteiger partial charge >= 0.3 is 0 Å². The predicted molar refractivity (Wildman–Crippen MR) is 109 cm³/mol. The van der Waals surface area contributed by atoms with Gasteiger partial charge in [0.2, 0.25) is 20.0 Å². The van der Waals surface area contributed by atoms with E-state index in [-0.39, 0.29) is 17.0 Å². The Kier molecular flexibility index (Phi) is 5.95. The highest BCUT2D eigenvalue weighted by Crippen LogP contribution is 2.32. The molecule has 0 radical (unpaired) electrons. The average Bonchev–Trinajstić information content (AvgIpc) is 2.62. The van der Waals surface area contributed by atoms with E-state index in [0.29, 0.717) is 25.1 Å². The van der Waals surface area contributed by atoms with Gasteiger partial charge in [0.25, 0.3) is 0 Å². The van der Waals surface area contributed by atoms with E-state index in [0.717, 1.165) is 12.0 Å². The summed E-state index contributed by atoms with van der Waals surface area (Å²) < 4.78 is 67.6. The van der Waals surface area contributed by atoms with Gasteiger partial charge in [0, 0.05) is 12.1 Å². The highest BCUT2D eigenvalue weighted by molar-refractivity contribution is 7.92. The molecule has 2 aromatic carbocycles. The molecule has 3 rings (SSSR count). The molecule has 0 saturated heterocycles. The molecule has 0 fully saturated rings. The fourth-order valence-electron chi connectivity index (χ4n) is 3.30. The van der Waals surface area contributed by atoms with Crippen LogP contribution in [0.4, 0.5) is 15.8 Å². The van der Waals surface area contributed by atoms with Crippen molar-refractivity contribution in [1.29, 1.82) is 0 Å².